The van der Waals surface area contributed by atoms with Crippen LogP contribution in [0.25, 0.3) is 0 Å². The van der Waals surface area contributed by atoms with Crippen LogP contribution in [0.15, 0.2) is 29.4 Å². The van der Waals surface area contributed by atoms with Crippen molar-refractivity contribution >= 4 is 5.84 Å². The molecule has 0 aliphatic carbocycles. The van der Waals surface area contributed by atoms with Crippen molar-refractivity contribution in [3.63, 3.8) is 0 Å². The zero-order valence-corrected chi connectivity index (χ0v) is 8.35. The summed E-state index contributed by atoms with van der Waals surface area (Å²) < 4.78 is 18.0. The van der Waals surface area contributed by atoms with Gasteiger partial charge in [-0.25, -0.2) is 4.39 Å². The third kappa shape index (κ3) is 3.84. The third-order valence-electron chi connectivity index (χ3n) is 1.78. The van der Waals surface area contributed by atoms with Crippen LogP contribution in [0.2, 0.25) is 0 Å². The molecule has 1 aromatic carbocycles. The third-order valence-corrected chi connectivity index (χ3v) is 1.78. The van der Waals surface area contributed by atoms with Crippen LogP contribution in [0.3, 0.4) is 0 Å². The molecule has 1 rings (SSSR count). The number of amidine groups is 1. The van der Waals surface area contributed by atoms with E-state index in [1.165, 1.54) is 24.3 Å². The van der Waals surface area contributed by atoms with Gasteiger partial charge in [-0.05, 0) is 31.2 Å². The molecule has 0 aliphatic rings. The fourth-order valence-electron chi connectivity index (χ4n) is 1.12. The van der Waals surface area contributed by atoms with Gasteiger partial charge in [0.2, 0.25) is 0 Å². The molecule has 15 heavy (non-hydrogen) atoms. The van der Waals surface area contributed by atoms with Crippen LogP contribution in [-0.4, -0.2) is 17.1 Å². The molecule has 0 aliphatic heterocycles. The summed E-state index contributed by atoms with van der Waals surface area (Å²) in [6.45, 7) is 1.78. The highest BCUT2D eigenvalue weighted by molar-refractivity contribution is 5.80. The second-order valence-corrected chi connectivity index (χ2v) is 3.18. The monoisotopic (exact) mass is 212 g/mol. The Kier molecular flexibility index (Phi) is 3.91. The molecule has 4 nitrogen and oxygen atoms in total. The smallest absolute Gasteiger partial charge is 0.142 e. The maximum atomic E-state index is 12.6. The largest absolute Gasteiger partial charge is 0.490 e. The fourth-order valence-corrected chi connectivity index (χ4v) is 1.12. The van der Waals surface area contributed by atoms with Crippen LogP contribution in [0.1, 0.15) is 13.3 Å². The van der Waals surface area contributed by atoms with E-state index in [1.807, 2.05) is 0 Å². The molecule has 3 N–H and O–H groups in total. The van der Waals surface area contributed by atoms with Crippen molar-refractivity contribution in [2.75, 3.05) is 0 Å². The summed E-state index contributed by atoms with van der Waals surface area (Å²) in [7, 11) is 0. The fraction of sp³-hybridized carbons (Fsp3) is 0.300. The summed E-state index contributed by atoms with van der Waals surface area (Å²) in [6.07, 6.45) is 0.0831. The maximum Gasteiger partial charge on any atom is 0.142 e. The number of oxime groups is 1. The van der Waals surface area contributed by atoms with E-state index in [9.17, 15) is 4.39 Å². The SMILES string of the molecule is CC(CC(N)=NO)Oc1ccc(F)cc1. The van der Waals surface area contributed by atoms with Crippen molar-refractivity contribution in [3.8, 4) is 5.75 Å². The minimum absolute atomic E-state index is 0.101. The van der Waals surface area contributed by atoms with Crippen LogP contribution >= 0.6 is 0 Å². The van der Waals surface area contributed by atoms with Gasteiger partial charge in [-0.2, -0.15) is 0 Å². The average Bonchev–Trinajstić information content (AvgIpc) is 2.21. The molecule has 1 unspecified atom stereocenters. The molecule has 0 aromatic heterocycles. The summed E-state index contributed by atoms with van der Waals surface area (Å²) >= 11 is 0. The lowest BCUT2D eigenvalue weighted by molar-refractivity contribution is 0.226. The van der Waals surface area contributed by atoms with Gasteiger partial charge in [0.05, 0.1) is 0 Å². The second-order valence-electron chi connectivity index (χ2n) is 3.18. The predicted molar refractivity (Wildman–Crippen MR) is 54.5 cm³/mol. The molecule has 0 amide bonds. The van der Waals surface area contributed by atoms with Crippen molar-refractivity contribution < 1.29 is 14.3 Å². The van der Waals surface area contributed by atoms with Gasteiger partial charge in [0, 0.05) is 6.42 Å². The van der Waals surface area contributed by atoms with Crippen LogP contribution in [0.4, 0.5) is 4.39 Å². The minimum Gasteiger partial charge on any atom is -0.490 e. The van der Waals surface area contributed by atoms with Gasteiger partial charge in [0.1, 0.15) is 23.5 Å². The predicted octanol–water partition coefficient (Wildman–Crippen LogP) is 1.73. The van der Waals surface area contributed by atoms with Gasteiger partial charge in [-0.15, -0.1) is 0 Å². The summed E-state index contributed by atoms with van der Waals surface area (Å²) in [6, 6.07) is 5.67. The molecule has 0 heterocycles. The lowest BCUT2D eigenvalue weighted by atomic mass is 10.2. The van der Waals surface area contributed by atoms with Crippen LogP contribution in [-0.2, 0) is 0 Å². The zero-order chi connectivity index (χ0) is 11.3. The number of rotatable bonds is 4. The Hall–Kier alpha value is -1.78. The normalized spacial score (nSPS) is 13.6. The van der Waals surface area contributed by atoms with Crippen molar-refractivity contribution in [2.45, 2.75) is 19.4 Å². The number of nitrogens with zero attached hydrogens (tertiary/aromatic N) is 1. The topological polar surface area (TPSA) is 67.8 Å². The molecule has 0 saturated heterocycles. The van der Waals surface area contributed by atoms with E-state index in [0.717, 1.165) is 0 Å². The second kappa shape index (κ2) is 5.19. The highest BCUT2D eigenvalue weighted by atomic mass is 19.1. The molecule has 1 atom stereocenters. The van der Waals surface area contributed by atoms with Gasteiger partial charge in [-0.1, -0.05) is 5.16 Å². The molecule has 0 bridgehead atoms. The standard InChI is InChI=1S/C10H13FN2O2/c1-7(6-10(12)13-14)15-9-4-2-8(11)3-5-9/h2-5,7,14H,6H2,1H3,(H2,12,13). The molecule has 0 radical (unpaired) electrons. The summed E-state index contributed by atoms with van der Waals surface area (Å²) in [5.74, 6) is 0.339. The number of hydrogen-bond acceptors (Lipinski definition) is 3. The molecule has 0 fully saturated rings. The van der Waals surface area contributed by atoms with E-state index < -0.39 is 0 Å². The van der Waals surface area contributed by atoms with E-state index in [0.29, 0.717) is 12.2 Å². The maximum absolute atomic E-state index is 12.6. The first-order valence-corrected chi connectivity index (χ1v) is 4.50. The summed E-state index contributed by atoms with van der Waals surface area (Å²) in [5, 5.41) is 11.2. The van der Waals surface area contributed by atoms with Crippen LogP contribution in [0, 0.1) is 5.82 Å². The molecular weight excluding hydrogens is 199 g/mol. The van der Waals surface area contributed by atoms with E-state index in [1.54, 1.807) is 6.92 Å². The Morgan fingerprint density at radius 3 is 2.67 bits per heavy atom. The van der Waals surface area contributed by atoms with Gasteiger partial charge in [0.15, 0.2) is 0 Å². The first kappa shape index (κ1) is 11.3. The quantitative estimate of drug-likeness (QED) is 0.345. The lowest BCUT2D eigenvalue weighted by Gasteiger charge is -2.13. The van der Waals surface area contributed by atoms with Crippen LogP contribution < -0.4 is 10.5 Å². The average molecular weight is 212 g/mol. The number of hydrogen-bond donors (Lipinski definition) is 2. The number of nitrogens with two attached hydrogens (primary N) is 1. The van der Waals surface area contributed by atoms with Gasteiger partial charge >= 0.3 is 0 Å². The molecule has 0 saturated carbocycles. The Morgan fingerprint density at radius 2 is 2.13 bits per heavy atom. The van der Waals surface area contributed by atoms with E-state index in [2.05, 4.69) is 5.16 Å². The number of halogens is 1. The van der Waals surface area contributed by atoms with Crippen molar-refractivity contribution in [2.24, 2.45) is 10.9 Å². The Morgan fingerprint density at radius 1 is 1.53 bits per heavy atom. The first-order chi connectivity index (χ1) is 7.11. The van der Waals surface area contributed by atoms with E-state index in [-0.39, 0.29) is 17.8 Å². The van der Waals surface area contributed by atoms with Crippen molar-refractivity contribution in [3.05, 3.63) is 30.1 Å². The first-order valence-electron chi connectivity index (χ1n) is 4.50. The molecular formula is C10H13FN2O2. The van der Waals surface area contributed by atoms with Gasteiger partial charge in [0.25, 0.3) is 0 Å². The van der Waals surface area contributed by atoms with Gasteiger partial charge < -0.3 is 15.7 Å². The number of ether oxygens (including phenoxy) is 1. The minimum atomic E-state index is -0.313. The number of benzene rings is 1. The summed E-state index contributed by atoms with van der Waals surface area (Å²) in [4.78, 5) is 0. The van der Waals surface area contributed by atoms with Gasteiger partial charge in [-0.3, -0.25) is 0 Å². The summed E-state index contributed by atoms with van der Waals surface area (Å²) in [5.41, 5.74) is 5.31. The Balaban J connectivity index is 2.51. The lowest BCUT2D eigenvalue weighted by Crippen LogP contribution is -2.22. The molecule has 82 valence electrons. The molecule has 5 heteroatoms. The highest BCUT2D eigenvalue weighted by Crippen LogP contribution is 2.13. The van der Waals surface area contributed by atoms with Crippen molar-refractivity contribution in [1.29, 1.82) is 0 Å². The Bertz CT molecular complexity index is 338. The highest BCUT2D eigenvalue weighted by Gasteiger charge is 2.06. The zero-order valence-electron chi connectivity index (χ0n) is 8.35. The van der Waals surface area contributed by atoms with Crippen molar-refractivity contribution in [1.82, 2.24) is 0 Å². The van der Waals surface area contributed by atoms with E-state index in [4.69, 9.17) is 15.7 Å². The van der Waals surface area contributed by atoms with E-state index >= 15 is 0 Å². The molecule has 1 aromatic rings. The molecule has 0 spiro atoms. The van der Waals surface area contributed by atoms with Crippen LogP contribution in [0.5, 0.6) is 5.75 Å². The Labute approximate surface area is 87.2 Å².